The molecule has 1 unspecified atom stereocenters. The minimum absolute atomic E-state index is 0.0519. The molecule has 3 aliphatic heterocycles. The first-order valence-corrected chi connectivity index (χ1v) is 18.7. The SMILES string of the molecule is CN1C(=O)N(c2c(F)cc(C#Cc3ccccc3)cc2F)C(=O)CC12CCCC2.CN1C(=O)N(c2c(F)cc(C#Cc3ccccc3)cc2F)C(=O)CC12CCOC2. The number of nitrogens with zero attached hydrogens (tertiary/aromatic N) is 4. The van der Waals surface area contributed by atoms with E-state index in [2.05, 4.69) is 23.7 Å². The second kappa shape index (κ2) is 16.2. The summed E-state index contributed by atoms with van der Waals surface area (Å²) in [5, 5.41) is 0. The normalized spacial score (nSPS) is 19.8. The largest absolute Gasteiger partial charge is 0.379 e. The molecule has 3 saturated heterocycles. The van der Waals surface area contributed by atoms with Gasteiger partial charge in [-0.1, -0.05) is 72.9 Å². The highest BCUT2D eigenvalue weighted by Gasteiger charge is 2.52. The van der Waals surface area contributed by atoms with Gasteiger partial charge in [0, 0.05) is 43.0 Å². The van der Waals surface area contributed by atoms with Gasteiger partial charge < -0.3 is 14.5 Å². The van der Waals surface area contributed by atoms with Crippen LogP contribution in [0.2, 0.25) is 0 Å². The fourth-order valence-corrected chi connectivity index (χ4v) is 7.90. The summed E-state index contributed by atoms with van der Waals surface area (Å²) in [4.78, 5) is 55.1. The van der Waals surface area contributed by atoms with Crippen molar-refractivity contribution in [3.8, 4) is 23.7 Å². The molecular formula is C45H38F4N4O5. The highest BCUT2D eigenvalue weighted by Crippen LogP contribution is 2.43. The Morgan fingerprint density at radius 2 is 0.914 bits per heavy atom. The van der Waals surface area contributed by atoms with Crippen LogP contribution in [0.5, 0.6) is 0 Å². The molecule has 3 heterocycles. The molecule has 0 bridgehead atoms. The average molecular weight is 791 g/mol. The fourth-order valence-electron chi connectivity index (χ4n) is 7.90. The smallest absolute Gasteiger partial charge is 0.331 e. The Labute approximate surface area is 333 Å². The van der Waals surface area contributed by atoms with Crippen molar-refractivity contribution in [2.45, 2.75) is 56.0 Å². The predicted octanol–water partition coefficient (Wildman–Crippen LogP) is 7.78. The van der Waals surface area contributed by atoms with Gasteiger partial charge in [-0.2, -0.15) is 0 Å². The molecule has 4 aromatic carbocycles. The lowest BCUT2D eigenvalue weighted by molar-refractivity contribution is -0.123. The molecule has 58 heavy (non-hydrogen) atoms. The zero-order valence-electron chi connectivity index (χ0n) is 31.8. The number of anilines is 2. The van der Waals surface area contributed by atoms with Crippen LogP contribution in [0.1, 0.15) is 67.2 Å². The number of halogens is 4. The number of hydrogen-bond acceptors (Lipinski definition) is 5. The summed E-state index contributed by atoms with van der Waals surface area (Å²) < 4.78 is 64.5. The van der Waals surface area contributed by atoms with Gasteiger partial charge in [0.1, 0.15) is 11.4 Å². The Kier molecular flexibility index (Phi) is 11.1. The summed E-state index contributed by atoms with van der Waals surface area (Å²) >= 11 is 0. The van der Waals surface area contributed by atoms with Crippen LogP contribution in [0.25, 0.3) is 0 Å². The van der Waals surface area contributed by atoms with E-state index in [0.717, 1.165) is 49.9 Å². The van der Waals surface area contributed by atoms with E-state index in [1.807, 2.05) is 24.3 Å². The van der Waals surface area contributed by atoms with Crippen molar-refractivity contribution < 1.29 is 41.5 Å². The van der Waals surface area contributed by atoms with Crippen molar-refractivity contribution in [3.63, 3.8) is 0 Å². The molecule has 4 fully saturated rings. The number of ether oxygens (including phenoxy) is 1. The van der Waals surface area contributed by atoms with Gasteiger partial charge in [-0.25, -0.2) is 37.0 Å². The number of carbonyl (C=O) groups is 4. The summed E-state index contributed by atoms with van der Waals surface area (Å²) in [6.45, 7) is 0.663. The Morgan fingerprint density at radius 1 is 0.534 bits per heavy atom. The Bertz CT molecular complexity index is 2190. The molecule has 4 aliphatic rings. The molecule has 4 aromatic rings. The van der Waals surface area contributed by atoms with Crippen LogP contribution < -0.4 is 9.80 Å². The van der Waals surface area contributed by atoms with E-state index in [4.69, 9.17) is 4.74 Å². The topological polar surface area (TPSA) is 90.5 Å². The fraction of sp³-hybridized carbons (Fsp3) is 0.289. The van der Waals surface area contributed by atoms with Gasteiger partial charge in [-0.15, -0.1) is 0 Å². The van der Waals surface area contributed by atoms with Gasteiger partial charge in [-0.3, -0.25) is 9.59 Å². The Balaban J connectivity index is 0.000000177. The highest BCUT2D eigenvalue weighted by atomic mass is 19.1. The van der Waals surface area contributed by atoms with E-state index in [0.29, 0.717) is 34.0 Å². The maximum absolute atomic E-state index is 14.8. The monoisotopic (exact) mass is 790 g/mol. The van der Waals surface area contributed by atoms with Gasteiger partial charge in [-0.05, 0) is 67.8 Å². The first-order chi connectivity index (χ1) is 27.8. The molecule has 8 rings (SSSR count). The van der Waals surface area contributed by atoms with E-state index < -0.39 is 69.6 Å². The molecule has 9 nitrogen and oxygen atoms in total. The molecule has 296 valence electrons. The zero-order valence-corrected chi connectivity index (χ0v) is 31.8. The summed E-state index contributed by atoms with van der Waals surface area (Å²) in [5.41, 5.74) is -0.941. The molecule has 0 radical (unpaired) electrons. The second-order valence-electron chi connectivity index (χ2n) is 14.8. The van der Waals surface area contributed by atoms with E-state index >= 15 is 0 Å². The van der Waals surface area contributed by atoms with Gasteiger partial charge in [0.05, 0.1) is 30.5 Å². The molecule has 1 atom stereocenters. The minimum atomic E-state index is -1.02. The van der Waals surface area contributed by atoms with Crippen LogP contribution in [0.4, 0.5) is 38.5 Å². The number of hydrogen-bond donors (Lipinski definition) is 0. The third-order valence-corrected chi connectivity index (χ3v) is 11.2. The third-order valence-electron chi connectivity index (χ3n) is 11.2. The van der Waals surface area contributed by atoms with Crippen molar-refractivity contribution >= 4 is 35.3 Å². The number of carbonyl (C=O) groups excluding carboxylic acids is 4. The molecule has 2 spiro atoms. The number of rotatable bonds is 2. The number of amides is 6. The zero-order chi connectivity index (χ0) is 41.2. The van der Waals surface area contributed by atoms with Crippen molar-refractivity contribution in [2.24, 2.45) is 0 Å². The summed E-state index contributed by atoms with van der Waals surface area (Å²) in [7, 11) is 3.12. The number of likely N-dealkylation sites (N-methyl/N-ethyl adjacent to an activating group) is 1. The van der Waals surface area contributed by atoms with E-state index in [-0.39, 0.29) is 30.6 Å². The van der Waals surface area contributed by atoms with E-state index in [1.165, 1.54) is 16.8 Å². The first-order valence-electron chi connectivity index (χ1n) is 18.7. The molecule has 0 N–H and O–H groups in total. The van der Waals surface area contributed by atoms with Crippen LogP contribution in [-0.4, -0.2) is 72.1 Å². The van der Waals surface area contributed by atoms with E-state index in [1.54, 1.807) is 43.4 Å². The van der Waals surface area contributed by atoms with Crippen molar-refractivity contribution in [2.75, 3.05) is 37.1 Å². The lowest BCUT2D eigenvalue weighted by atomic mass is 9.88. The van der Waals surface area contributed by atoms with Crippen LogP contribution in [0.3, 0.4) is 0 Å². The molecule has 1 aliphatic carbocycles. The summed E-state index contributed by atoms with van der Waals surface area (Å²) in [6, 6.07) is 20.7. The standard InChI is InChI=1S/C23H20F2N2O2.C22H18F2N2O3/c1-26-22(29)27(20(28)15-23(26)11-5-6-12-23)21-18(24)13-17(14-19(21)25)10-9-16-7-3-2-4-8-16;1-25-21(28)26(19(27)13-22(25)9-10-29-14-22)20-17(23)11-16(12-18(20)24)8-7-15-5-3-2-4-6-15/h2-4,7-8,13-14H,5-6,11-12,15H2,1H3;2-6,11-12H,9-10,13-14H2,1H3. The molecular weight excluding hydrogens is 753 g/mol. The maximum atomic E-state index is 14.8. The molecule has 6 amide bonds. The number of urea groups is 2. The van der Waals surface area contributed by atoms with Crippen LogP contribution >= 0.6 is 0 Å². The first kappa shape index (κ1) is 39.8. The quantitative estimate of drug-likeness (QED) is 0.153. The highest BCUT2D eigenvalue weighted by molar-refractivity contribution is 6.17. The van der Waals surface area contributed by atoms with Gasteiger partial charge in [0.15, 0.2) is 23.3 Å². The molecule has 0 aromatic heterocycles. The summed E-state index contributed by atoms with van der Waals surface area (Å²) in [5.74, 6) is 5.83. The van der Waals surface area contributed by atoms with Gasteiger partial charge in [0.2, 0.25) is 11.8 Å². The lowest BCUT2D eigenvalue weighted by Gasteiger charge is -2.45. The van der Waals surface area contributed by atoms with Crippen LogP contribution in [0, 0.1) is 47.0 Å². The van der Waals surface area contributed by atoms with Crippen molar-refractivity contribution in [3.05, 3.63) is 130 Å². The summed E-state index contributed by atoms with van der Waals surface area (Å²) in [6.07, 6.45) is 3.85. The number of imide groups is 2. The second-order valence-corrected chi connectivity index (χ2v) is 14.8. The maximum Gasteiger partial charge on any atom is 0.331 e. The lowest BCUT2D eigenvalue weighted by Crippen LogP contribution is -2.63. The molecule has 1 saturated carbocycles. The van der Waals surface area contributed by atoms with Crippen molar-refractivity contribution in [1.82, 2.24) is 9.80 Å². The van der Waals surface area contributed by atoms with Crippen LogP contribution in [0.15, 0.2) is 84.9 Å². The third kappa shape index (κ3) is 7.65. The minimum Gasteiger partial charge on any atom is -0.379 e. The van der Waals surface area contributed by atoms with E-state index in [9.17, 15) is 36.7 Å². The van der Waals surface area contributed by atoms with Crippen molar-refractivity contribution in [1.29, 1.82) is 0 Å². The van der Waals surface area contributed by atoms with Gasteiger partial charge in [0.25, 0.3) is 0 Å². The predicted molar refractivity (Wildman–Crippen MR) is 207 cm³/mol. The van der Waals surface area contributed by atoms with Crippen LogP contribution in [-0.2, 0) is 14.3 Å². The average Bonchev–Trinajstić information content (AvgIpc) is 3.89. The Hall–Kier alpha value is -6.44. The number of benzene rings is 4. The van der Waals surface area contributed by atoms with Gasteiger partial charge >= 0.3 is 12.1 Å². The molecule has 13 heteroatoms. The Morgan fingerprint density at radius 3 is 1.31 bits per heavy atom.